The van der Waals surface area contributed by atoms with Crippen LogP contribution < -0.4 is 11.1 Å². The Morgan fingerprint density at radius 3 is 2.53 bits per heavy atom. The van der Waals surface area contributed by atoms with E-state index in [1.54, 1.807) is 0 Å². The molecule has 0 unspecified atom stereocenters. The molecule has 0 atom stereocenters. The van der Waals surface area contributed by atoms with Crippen molar-refractivity contribution in [2.24, 2.45) is 5.73 Å². The average Bonchev–Trinajstić information content (AvgIpc) is 2.36. The molecule has 1 fully saturated rings. The van der Waals surface area contributed by atoms with Gasteiger partial charge in [0.2, 0.25) is 11.8 Å². The van der Waals surface area contributed by atoms with Gasteiger partial charge in [0.25, 0.3) is 0 Å². The quantitative estimate of drug-likeness (QED) is 0.724. The Kier molecular flexibility index (Phi) is 5.97. The first-order valence-electron chi connectivity index (χ1n) is 6.44. The van der Waals surface area contributed by atoms with Crippen LogP contribution in [-0.2, 0) is 9.59 Å². The minimum Gasteiger partial charge on any atom is -0.353 e. The lowest BCUT2D eigenvalue weighted by atomic mass is 10.0. The molecule has 0 aromatic carbocycles. The van der Waals surface area contributed by atoms with Crippen LogP contribution in [0, 0.1) is 0 Å². The van der Waals surface area contributed by atoms with Gasteiger partial charge in [0.15, 0.2) is 0 Å². The van der Waals surface area contributed by atoms with E-state index in [1.807, 2.05) is 11.8 Å². The number of nitrogens with zero attached hydrogens (tertiary/aromatic N) is 1. The van der Waals surface area contributed by atoms with Crippen molar-refractivity contribution in [3.63, 3.8) is 0 Å². The van der Waals surface area contributed by atoms with Crippen LogP contribution in [0.4, 0.5) is 0 Å². The zero-order valence-electron chi connectivity index (χ0n) is 10.6. The van der Waals surface area contributed by atoms with Crippen molar-refractivity contribution in [2.45, 2.75) is 45.1 Å². The first-order valence-corrected chi connectivity index (χ1v) is 6.44. The topological polar surface area (TPSA) is 75.4 Å². The van der Waals surface area contributed by atoms with E-state index in [-0.39, 0.29) is 17.9 Å². The molecule has 1 saturated heterocycles. The number of piperidine rings is 1. The zero-order valence-corrected chi connectivity index (χ0v) is 10.6. The molecule has 3 N–H and O–H groups in total. The molecule has 0 bridgehead atoms. The Labute approximate surface area is 103 Å². The molecule has 0 aromatic heterocycles. The third-order valence-corrected chi connectivity index (χ3v) is 3.13. The second-order valence-electron chi connectivity index (χ2n) is 4.47. The van der Waals surface area contributed by atoms with Gasteiger partial charge in [-0.05, 0) is 25.8 Å². The standard InChI is InChI=1S/C12H23N3O2/c1-2-11(16)14-10-5-8-15(9-6-10)12(17)4-3-7-13/h10H,2-9,13H2,1H3,(H,14,16). The van der Waals surface area contributed by atoms with Crippen LogP contribution in [0.15, 0.2) is 0 Å². The lowest BCUT2D eigenvalue weighted by molar-refractivity contribution is -0.132. The minimum atomic E-state index is 0.0953. The van der Waals surface area contributed by atoms with Crippen LogP contribution in [0.25, 0.3) is 0 Å². The smallest absolute Gasteiger partial charge is 0.222 e. The number of carbonyl (C=O) groups excluding carboxylic acids is 2. The summed E-state index contributed by atoms with van der Waals surface area (Å²) in [4.78, 5) is 24.8. The van der Waals surface area contributed by atoms with E-state index in [0.29, 0.717) is 19.4 Å². The third kappa shape index (κ3) is 4.73. The molecule has 1 rings (SSSR count). The number of hydrogen-bond donors (Lipinski definition) is 2. The van der Waals surface area contributed by atoms with Gasteiger partial charge in [0, 0.05) is 32.0 Å². The fraction of sp³-hybridized carbons (Fsp3) is 0.833. The van der Waals surface area contributed by atoms with Crippen LogP contribution in [0.2, 0.25) is 0 Å². The summed E-state index contributed by atoms with van der Waals surface area (Å²) < 4.78 is 0. The lowest BCUT2D eigenvalue weighted by Gasteiger charge is -2.32. The molecule has 1 heterocycles. The molecule has 0 radical (unpaired) electrons. The van der Waals surface area contributed by atoms with Crippen molar-refractivity contribution in [1.29, 1.82) is 0 Å². The van der Waals surface area contributed by atoms with E-state index in [2.05, 4.69) is 5.32 Å². The number of rotatable bonds is 5. The summed E-state index contributed by atoms with van der Waals surface area (Å²) in [6, 6.07) is 0.237. The van der Waals surface area contributed by atoms with Gasteiger partial charge in [0.1, 0.15) is 0 Å². The van der Waals surface area contributed by atoms with Gasteiger partial charge >= 0.3 is 0 Å². The fourth-order valence-corrected chi connectivity index (χ4v) is 2.01. The highest BCUT2D eigenvalue weighted by Crippen LogP contribution is 2.12. The predicted molar refractivity (Wildman–Crippen MR) is 66.3 cm³/mol. The second-order valence-corrected chi connectivity index (χ2v) is 4.47. The average molecular weight is 241 g/mol. The van der Waals surface area contributed by atoms with Crippen molar-refractivity contribution in [1.82, 2.24) is 10.2 Å². The van der Waals surface area contributed by atoms with Crippen LogP contribution in [0.1, 0.15) is 39.0 Å². The molecule has 98 valence electrons. The van der Waals surface area contributed by atoms with Crippen LogP contribution in [-0.4, -0.2) is 42.4 Å². The zero-order chi connectivity index (χ0) is 12.7. The summed E-state index contributed by atoms with van der Waals surface area (Å²) in [5.41, 5.74) is 5.38. The van der Waals surface area contributed by atoms with Gasteiger partial charge in [-0.2, -0.15) is 0 Å². The highest BCUT2D eigenvalue weighted by atomic mass is 16.2. The van der Waals surface area contributed by atoms with Crippen LogP contribution in [0.5, 0.6) is 0 Å². The lowest BCUT2D eigenvalue weighted by Crippen LogP contribution is -2.46. The molecule has 0 aromatic rings. The number of amides is 2. The van der Waals surface area contributed by atoms with Gasteiger partial charge in [0.05, 0.1) is 0 Å². The van der Waals surface area contributed by atoms with E-state index >= 15 is 0 Å². The third-order valence-electron chi connectivity index (χ3n) is 3.13. The number of hydrogen-bond acceptors (Lipinski definition) is 3. The molecule has 0 aliphatic carbocycles. The summed E-state index contributed by atoms with van der Waals surface area (Å²) >= 11 is 0. The molecular weight excluding hydrogens is 218 g/mol. The summed E-state index contributed by atoms with van der Waals surface area (Å²) in [7, 11) is 0. The molecule has 1 aliphatic heterocycles. The van der Waals surface area contributed by atoms with E-state index in [4.69, 9.17) is 5.73 Å². The Balaban J connectivity index is 2.25. The summed E-state index contributed by atoms with van der Waals surface area (Å²) in [6.07, 6.45) is 3.55. The van der Waals surface area contributed by atoms with E-state index in [9.17, 15) is 9.59 Å². The van der Waals surface area contributed by atoms with Crippen LogP contribution in [0.3, 0.4) is 0 Å². The maximum Gasteiger partial charge on any atom is 0.222 e. The Hall–Kier alpha value is -1.10. The van der Waals surface area contributed by atoms with Crippen LogP contribution >= 0.6 is 0 Å². The molecule has 5 heteroatoms. The minimum absolute atomic E-state index is 0.0953. The molecule has 17 heavy (non-hydrogen) atoms. The van der Waals surface area contributed by atoms with Crippen molar-refractivity contribution in [2.75, 3.05) is 19.6 Å². The first-order chi connectivity index (χ1) is 8.17. The molecular formula is C12H23N3O2. The normalized spacial score (nSPS) is 16.9. The molecule has 5 nitrogen and oxygen atoms in total. The highest BCUT2D eigenvalue weighted by molar-refractivity contribution is 5.77. The van der Waals surface area contributed by atoms with E-state index < -0.39 is 0 Å². The predicted octanol–water partition coefficient (Wildman–Crippen LogP) is 0.243. The number of nitrogens with two attached hydrogens (primary N) is 1. The van der Waals surface area contributed by atoms with Crippen molar-refractivity contribution in [3.8, 4) is 0 Å². The van der Waals surface area contributed by atoms with Crippen molar-refractivity contribution in [3.05, 3.63) is 0 Å². The second kappa shape index (κ2) is 7.27. The number of nitrogens with one attached hydrogen (secondary N) is 1. The van der Waals surface area contributed by atoms with Crippen molar-refractivity contribution < 1.29 is 9.59 Å². The SMILES string of the molecule is CCC(=O)NC1CCN(C(=O)CCCN)CC1. The Morgan fingerprint density at radius 2 is 2.00 bits per heavy atom. The van der Waals surface area contributed by atoms with Gasteiger partial charge in [-0.25, -0.2) is 0 Å². The largest absolute Gasteiger partial charge is 0.353 e. The summed E-state index contributed by atoms with van der Waals surface area (Å²) in [6.45, 7) is 3.91. The maximum atomic E-state index is 11.7. The first kappa shape index (κ1) is 14.0. The van der Waals surface area contributed by atoms with Gasteiger partial charge in [-0.15, -0.1) is 0 Å². The number of likely N-dealkylation sites (tertiary alicyclic amines) is 1. The summed E-state index contributed by atoms with van der Waals surface area (Å²) in [5.74, 6) is 0.286. The highest BCUT2D eigenvalue weighted by Gasteiger charge is 2.22. The van der Waals surface area contributed by atoms with E-state index in [1.165, 1.54) is 0 Å². The van der Waals surface area contributed by atoms with Gasteiger partial charge < -0.3 is 16.0 Å². The van der Waals surface area contributed by atoms with Gasteiger partial charge in [-0.1, -0.05) is 6.92 Å². The fourth-order valence-electron chi connectivity index (χ4n) is 2.01. The molecule has 2 amide bonds. The Bertz CT molecular complexity index is 260. The number of carbonyl (C=O) groups is 2. The molecule has 0 spiro atoms. The monoisotopic (exact) mass is 241 g/mol. The Morgan fingerprint density at radius 1 is 1.35 bits per heavy atom. The maximum absolute atomic E-state index is 11.7. The van der Waals surface area contributed by atoms with Gasteiger partial charge in [-0.3, -0.25) is 9.59 Å². The molecule has 1 aliphatic rings. The van der Waals surface area contributed by atoms with Crippen molar-refractivity contribution >= 4 is 11.8 Å². The van der Waals surface area contributed by atoms with E-state index in [0.717, 1.165) is 32.4 Å². The summed E-state index contributed by atoms with van der Waals surface area (Å²) in [5, 5.41) is 2.97. The molecule has 0 saturated carbocycles.